The summed E-state index contributed by atoms with van der Waals surface area (Å²) in [5, 5.41) is 0.985. The Hall–Kier alpha value is -4.02. The molecule has 3 heterocycles. The van der Waals surface area contributed by atoms with Crippen molar-refractivity contribution in [2.75, 3.05) is 19.1 Å². The van der Waals surface area contributed by atoms with Gasteiger partial charge in [0.1, 0.15) is 12.4 Å². The van der Waals surface area contributed by atoms with E-state index in [-0.39, 0.29) is 57.4 Å². The van der Waals surface area contributed by atoms with Crippen molar-refractivity contribution in [2.45, 2.75) is 29.2 Å². The molecule has 1 saturated heterocycles. The molecule has 1 N–H and O–H groups in total. The van der Waals surface area contributed by atoms with Crippen molar-refractivity contribution in [3.8, 4) is 17.2 Å². The fraction of sp³-hybridized carbons (Fsp3) is 0.324. The number of fused-ring (bicyclic) bond motifs is 9. The first kappa shape index (κ1) is 27.5. The second-order valence-corrected chi connectivity index (χ2v) is 14.1. The fourth-order valence-corrected chi connectivity index (χ4v) is 11.0. The number of hydrogen-bond donors (Lipinski definition) is 1. The number of hydrogen-bond acceptors (Lipinski definition) is 8. The first-order valence-corrected chi connectivity index (χ1v) is 16.4. The molecule has 2 bridgehead atoms. The van der Waals surface area contributed by atoms with Crippen LogP contribution in [0.3, 0.4) is 0 Å². The highest BCUT2D eigenvalue weighted by Crippen LogP contribution is 2.68. The number of nitrogens with zero attached hydrogens (tertiary/aromatic N) is 1. The molecular formula is C34H30N2O6S2. The lowest BCUT2D eigenvalue weighted by atomic mass is 9.68. The first-order valence-electron chi connectivity index (χ1n) is 14.7. The van der Waals surface area contributed by atoms with Crippen molar-refractivity contribution in [2.24, 2.45) is 29.6 Å². The number of aromatic nitrogens is 1. The lowest BCUT2D eigenvalue weighted by Crippen LogP contribution is -2.42. The molecule has 3 fully saturated rings. The van der Waals surface area contributed by atoms with Gasteiger partial charge in [-0.3, -0.25) is 19.3 Å². The monoisotopic (exact) mass is 626 g/mol. The van der Waals surface area contributed by atoms with Gasteiger partial charge in [0, 0.05) is 16.0 Å². The van der Waals surface area contributed by atoms with Crippen molar-refractivity contribution < 1.29 is 23.8 Å². The highest BCUT2D eigenvalue weighted by Gasteiger charge is 2.69. The van der Waals surface area contributed by atoms with E-state index in [1.807, 2.05) is 42.5 Å². The molecule has 10 heteroatoms. The molecule has 1 aromatic heterocycles. The molecule has 2 amide bonds. The summed E-state index contributed by atoms with van der Waals surface area (Å²) in [5.74, 6) is 1.06. The van der Waals surface area contributed by atoms with Gasteiger partial charge >= 0.3 is 4.87 Å². The van der Waals surface area contributed by atoms with Gasteiger partial charge in [0.2, 0.25) is 11.8 Å². The Morgan fingerprint density at radius 3 is 2.34 bits per heavy atom. The number of aromatic amines is 1. The van der Waals surface area contributed by atoms with Gasteiger partial charge in [-0.15, -0.1) is 11.8 Å². The maximum atomic E-state index is 14.0. The van der Waals surface area contributed by atoms with E-state index in [4.69, 9.17) is 14.2 Å². The van der Waals surface area contributed by atoms with Gasteiger partial charge in [0.05, 0.1) is 36.8 Å². The van der Waals surface area contributed by atoms with Gasteiger partial charge in [-0.05, 0) is 71.7 Å². The summed E-state index contributed by atoms with van der Waals surface area (Å²) in [6.45, 7) is 0.415. The Morgan fingerprint density at radius 1 is 0.864 bits per heavy atom. The van der Waals surface area contributed by atoms with Gasteiger partial charge in [-0.2, -0.15) is 0 Å². The average molecular weight is 627 g/mol. The normalized spacial score (nSPS) is 28.0. The molecule has 44 heavy (non-hydrogen) atoms. The number of thiazole rings is 1. The van der Waals surface area contributed by atoms with E-state index >= 15 is 0 Å². The van der Waals surface area contributed by atoms with Crippen LogP contribution in [0.25, 0.3) is 0 Å². The molecule has 7 atom stereocenters. The van der Waals surface area contributed by atoms with Crippen LogP contribution in [-0.2, 0) is 16.2 Å². The van der Waals surface area contributed by atoms with E-state index in [2.05, 4.69) is 11.1 Å². The van der Waals surface area contributed by atoms with Gasteiger partial charge in [-0.25, -0.2) is 0 Å². The SMILES string of the molecule is COc1ccc(N2C(=O)[C@H]3[C@H]4C[C@@H]([C@@H]3C2=O)[C@H]2[C@H](c3ccc(OCc5ccccc5)c(OC)c3)c3sc(=O)[nH]c3S[C@H]42)cc1. The quantitative estimate of drug-likeness (QED) is 0.263. The predicted octanol–water partition coefficient (Wildman–Crippen LogP) is 5.71. The summed E-state index contributed by atoms with van der Waals surface area (Å²) < 4.78 is 17.2. The molecule has 8 nitrogen and oxygen atoms in total. The molecule has 0 radical (unpaired) electrons. The number of benzene rings is 3. The van der Waals surface area contributed by atoms with Crippen molar-refractivity contribution >= 4 is 40.6 Å². The maximum absolute atomic E-state index is 14.0. The molecule has 2 saturated carbocycles. The zero-order valence-electron chi connectivity index (χ0n) is 24.1. The number of amides is 2. The Bertz CT molecular complexity index is 1820. The number of anilines is 1. The summed E-state index contributed by atoms with van der Waals surface area (Å²) in [5.41, 5.74) is 2.66. The number of rotatable bonds is 7. The number of imide groups is 1. The molecule has 0 spiro atoms. The van der Waals surface area contributed by atoms with Crippen molar-refractivity contribution in [1.82, 2.24) is 4.98 Å². The van der Waals surface area contributed by atoms with Crippen LogP contribution in [0, 0.1) is 29.6 Å². The Morgan fingerprint density at radius 2 is 1.61 bits per heavy atom. The second-order valence-electron chi connectivity index (χ2n) is 11.9. The van der Waals surface area contributed by atoms with Crippen LogP contribution < -0.4 is 24.0 Å². The molecule has 8 rings (SSSR count). The van der Waals surface area contributed by atoms with Crippen molar-refractivity contribution in [3.63, 3.8) is 0 Å². The van der Waals surface area contributed by atoms with E-state index in [0.717, 1.165) is 27.5 Å². The zero-order chi connectivity index (χ0) is 30.1. The first-order chi connectivity index (χ1) is 21.5. The summed E-state index contributed by atoms with van der Waals surface area (Å²) in [6, 6.07) is 23.1. The minimum absolute atomic E-state index is 0.0255. The van der Waals surface area contributed by atoms with Crippen LogP contribution in [0.4, 0.5) is 5.69 Å². The van der Waals surface area contributed by atoms with E-state index in [1.165, 1.54) is 16.2 Å². The standard InChI is InChI=1S/C34H30N2O6S2/c1-40-20-11-9-19(10-12-20)36-32(37)27-21-15-22(28(27)33(36)38)29-26(21)25(30-31(43-29)35-34(39)44-30)18-8-13-23(24(14-18)41-2)42-16-17-6-4-3-5-7-17/h3-14,21-22,25-29H,15-16H2,1-2H3,(H,35,39)/t21-,22-,25+,26+,27+,28+,29-/m1/s1. The summed E-state index contributed by atoms with van der Waals surface area (Å²) in [6.07, 6.45) is 0.830. The number of thioether (sulfide) groups is 1. The largest absolute Gasteiger partial charge is 0.497 e. The molecule has 0 unspecified atom stereocenters. The van der Waals surface area contributed by atoms with Gasteiger partial charge in [-0.1, -0.05) is 47.7 Å². The van der Waals surface area contributed by atoms with E-state index in [1.54, 1.807) is 50.2 Å². The number of ether oxygens (including phenoxy) is 3. The number of carbonyl (C=O) groups is 2. The Labute approximate surface area is 262 Å². The van der Waals surface area contributed by atoms with Crippen molar-refractivity contribution in [1.29, 1.82) is 0 Å². The van der Waals surface area contributed by atoms with Crippen LogP contribution in [0.5, 0.6) is 17.2 Å². The third-order valence-electron chi connectivity index (χ3n) is 9.84. The minimum Gasteiger partial charge on any atom is -0.497 e. The Balaban J connectivity index is 1.15. The van der Waals surface area contributed by atoms with Crippen LogP contribution in [-0.4, -0.2) is 36.3 Å². The minimum atomic E-state index is -0.369. The molecule has 2 aliphatic heterocycles. The Kier molecular flexibility index (Phi) is 6.60. The van der Waals surface area contributed by atoms with Crippen LogP contribution >= 0.6 is 23.1 Å². The zero-order valence-corrected chi connectivity index (χ0v) is 25.7. The second kappa shape index (κ2) is 10.6. The predicted molar refractivity (Wildman–Crippen MR) is 168 cm³/mol. The van der Waals surface area contributed by atoms with E-state index in [0.29, 0.717) is 29.5 Å². The fourth-order valence-electron chi connectivity index (χ4n) is 8.11. The van der Waals surface area contributed by atoms with E-state index in [9.17, 15) is 14.4 Å². The number of carbonyl (C=O) groups excluding carboxylic acids is 2. The van der Waals surface area contributed by atoms with Gasteiger partial charge in [0.15, 0.2) is 11.5 Å². The number of methoxy groups -OCH3 is 2. The van der Waals surface area contributed by atoms with Crippen LogP contribution in [0.15, 0.2) is 82.6 Å². The van der Waals surface area contributed by atoms with Gasteiger partial charge < -0.3 is 19.2 Å². The molecule has 2 aliphatic carbocycles. The maximum Gasteiger partial charge on any atom is 0.305 e. The molecule has 4 aromatic rings. The topological polar surface area (TPSA) is 97.9 Å². The summed E-state index contributed by atoms with van der Waals surface area (Å²) in [7, 11) is 3.22. The third kappa shape index (κ3) is 4.14. The lowest BCUT2D eigenvalue weighted by molar-refractivity contribution is -0.123. The third-order valence-corrected chi connectivity index (χ3v) is 12.4. The lowest BCUT2D eigenvalue weighted by Gasteiger charge is -2.43. The summed E-state index contributed by atoms with van der Waals surface area (Å²) >= 11 is 2.93. The van der Waals surface area contributed by atoms with Crippen LogP contribution in [0.2, 0.25) is 0 Å². The number of H-pyrrole nitrogens is 1. The molecule has 4 aliphatic rings. The summed E-state index contributed by atoms with van der Waals surface area (Å²) in [4.78, 5) is 45.9. The van der Waals surface area contributed by atoms with Crippen molar-refractivity contribution in [3.05, 3.63) is 98.5 Å². The molecular weight excluding hydrogens is 597 g/mol. The molecule has 224 valence electrons. The smallest absolute Gasteiger partial charge is 0.305 e. The van der Waals surface area contributed by atoms with Gasteiger partial charge in [0.25, 0.3) is 0 Å². The average Bonchev–Trinajstić information content (AvgIpc) is 3.79. The van der Waals surface area contributed by atoms with E-state index < -0.39 is 0 Å². The molecule has 3 aromatic carbocycles. The highest BCUT2D eigenvalue weighted by atomic mass is 32.2. The highest BCUT2D eigenvalue weighted by molar-refractivity contribution is 8.00. The van der Waals surface area contributed by atoms with Crippen LogP contribution in [0.1, 0.15) is 28.3 Å². The number of nitrogens with one attached hydrogen (secondary N) is 1.